The molecule has 0 aliphatic rings. The zero-order valence-electron chi connectivity index (χ0n) is 21.9. The van der Waals surface area contributed by atoms with Crippen LogP contribution in [0.25, 0.3) is 0 Å². The molecule has 0 atom stereocenters. The number of carbonyl (C=O) groups excluding carboxylic acids is 2. The lowest BCUT2D eigenvalue weighted by Crippen LogP contribution is -2.03. The molecule has 4 aromatic rings. The topological polar surface area (TPSA) is 52.6 Å². The van der Waals surface area contributed by atoms with Gasteiger partial charge in [0.15, 0.2) is 11.6 Å². The summed E-state index contributed by atoms with van der Waals surface area (Å²) in [5, 5.41) is 0. The molecule has 196 valence electrons. The molecule has 0 saturated carbocycles. The monoisotopic (exact) mass is 636 g/mol. The Morgan fingerprint density at radius 3 is 1.24 bits per heavy atom. The number of Topliss-reactive ketones (excluding diaryl/α,β-unsaturated/α-hetero) is 2. The van der Waals surface area contributed by atoms with Crippen LogP contribution in [0.5, 0.6) is 11.5 Å². The summed E-state index contributed by atoms with van der Waals surface area (Å²) in [6.45, 7) is 7.98. The first-order chi connectivity index (χ1) is 18.1. The molecule has 0 fully saturated rings. The van der Waals surface area contributed by atoms with Gasteiger partial charge in [-0.1, -0.05) is 67.3 Å². The van der Waals surface area contributed by atoms with Crippen molar-refractivity contribution in [1.29, 1.82) is 0 Å². The van der Waals surface area contributed by atoms with E-state index in [0.29, 0.717) is 24.3 Å². The summed E-state index contributed by atoms with van der Waals surface area (Å²) in [5.41, 5.74) is 5.58. The molecule has 0 N–H and O–H groups in total. The Labute approximate surface area is 241 Å². The highest BCUT2D eigenvalue weighted by atomic mass is 79.9. The summed E-state index contributed by atoms with van der Waals surface area (Å²) in [7, 11) is 0. The number of hydrogen-bond donors (Lipinski definition) is 0. The van der Waals surface area contributed by atoms with Gasteiger partial charge in [-0.25, -0.2) is 0 Å². The molecule has 38 heavy (non-hydrogen) atoms. The van der Waals surface area contributed by atoms with E-state index in [2.05, 4.69) is 31.9 Å². The van der Waals surface area contributed by atoms with Crippen LogP contribution in [-0.4, -0.2) is 11.6 Å². The van der Waals surface area contributed by atoms with E-state index >= 15 is 0 Å². The normalized spacial score (nSPS) is 10.3. The molecule has 0 aliphatic carbocycles. The first-order valence-electron chi connectivity index (χ1n) is 12.1. The van der Waals surface area contributed by atoms with Crippen molar-refractivity contribution in [3.8, 4) is 11.5 Å². The van der Waals surface area contributed by atoms with E-state index in [4.69, 9.17) is 9.47 Å². The predicted octanol–water partition coefficient (Wildman–Crippen LogP) is 9.08. The van der Waals surface area contributed by atoms with E-state index < -0.39 is 0 Å². The summed E-state index contributed by atoms with van der Waals surface area (Å²) >= 11 is 6.83. The third kappa shape index (κ3) is 8.96. The van der Waals surface area contributed by atoms with E-state index in [-0.39, 0.29) is 11.6 Å². The maximum atomic E-state index is 11.6. The fourth-order valence-electron chi connectivity index (χ4n) is 3.64. The van der Waals surface area contributed by atoms with Gasteiger partial charge in [-0.2, -0.15) is 0 Å². The summed E-state index contributed by atoms with van der Waals surface area (Å²) in [6.07, 6.45) is 0. The van der Waals surface area contributed by atoms with Crippen molar-refractivity contribution < 1.29 is 19.1 Å². The smallest absolute Gasteiger partial charge is 0.160 e. The second-order valence-electron chi connectivity index (χ2n) is 8.92. The number of ether oxygens (including phenoxy) is 2. The molecular formula is C32H30Br2O4. The molecule has 4 nitrogen and oxygen atoms in total. The minimum absolute atomic E-state index is 0.0509. The van der Waals surface area contributed by atoms with Crippen molar-refractivity contribution in [1.82, 2.24) is 0 Å². The largest absolute Gasteiger partial charge is 0.489 e. The Balaban J connectivity index is 0.000000211. The summed E-state index contributed by atoms with van der Waals surface area (Å²) < 4.78 is 13.3. The van der Waals surface area contributed by atoms with Gasteiger partial charge in [0.1, 0.15) is 24.7 Å². The molecule has 0 heterocycles. The number of benzene rings is 4. The number of aryl methyl sites for hydroxylation is 2. The van der Waals surface area contributed by atoms with Crippen LogP contribution in [0, 0.1) is 13.8 Å². The first-order valence-corrected chi connectivity index (χ1v) is 13.7. The Morgan fingerprint density at radius 1 is 0.579 bits per heavy atom. The van der Waals surface area contributed by atoms with E-state index in [9.17, 15) is 9.59 Å². The van der Waals surface area contributed by atoms with Crippen LogP contribution in [0.4, 0.5) is 0 Å². The maximum Gasteiger partial charge on any atom is 0.160 e. The molecule has 0 aliphatic heterocycles. The Kier molecular flexibility index (Phi) is 10.9. The summed E-state index contributed by atoms with van der Waals surface area (Å²) in [6, 6.07) is 27.0. The van der Waals surface area contributed by atoms with Gasteiger partial charge in [-0.3, -0.25) is 9.59 Å². The van der Waals surface area contributed by atoms with Gasteiger partial charge in [0.2, 0.25) is 0 Å². The number of halogens is 2. The molecule has 4 rings (SSSR count). The van der Waals surface area contributed by atoms with Crippen molar-refractivity contribution >= 4 is 43.4 Å². The van der Waals surface area contributed by atoms with Crippen molar-refractivity contribution in [2.24, 2.45) is 0 Å². The molecule has 0 amide bonds. The molecule has 0 unspecified atom stereocenters. The van der Waals surface area contributed by atoms with Gasteiger partial charge < -0.3 is 9.47 Å². The molecule has 4 aromatic carbocycles. The average Bonchev–Trinajstić information content (AvgIpc) is 2.88. The standard InChI is InChI=1S/2C16H15BrO2/c2*1-11-3-6-15(7-4-11)19-10-13-9-14(17)5-8-16(13)12(2)18/h2*3-9H,10H2,1-2H3. The van der Waals surface area contributed by atoms with Crippen LogP contribution >= 0.6 is 31.9 Å². The second kappa shape index (κ2) is 14.1. The van der Waals surface area contributed by atoms with Crippen molar-refractivity contribution in [2.45, 2.75) is 40.9 Å². The molecule has 6 heteroatoms. The quantitative estimate of drug-likeness (QED) is 0.181. The highest BCUT2D eigenvalue weighted by Crippen LogP contribution is 2.21. The zero-order valence-corrected chi connectivity index (χ0v) is 25.1. The lowest BCUT2D eigenvalue weighted by atomic mass is 10.1. The molecule has 0 bridgehead atoms. The van der Waals surface area contributed by atoms with E-state index in [1.54, 1.807) is 13.8 Å². The predicted molar refractivity (Wildman–Crippen MR) is 159 cm³/mol. The SMILES string of the molecule is CC(=O)c1ccc(Br)cc1COc1ccc(C)cc1.CC(=O)c1ccc(Br)cc1COc1ccc(C)cc1. The Morgan fingerprint density at radius 2 is 0.921 bits per heavy atom. The minimum Gasteiger partial charge on any atom is -0.489 e. The number of rotatable bonds is 8. The van der Waals surface area contributed by atoms with Gasteiger partial charge in [0.05, 0.1) is 0 Å². The molecule has 0 saturated heterocycles. The van der Waals surface area contributed by atoms with E-state index in [1.807, 2.05) is 98.8 Å². The van der Waals surface area contributed by atoms with Crippen molar-refractivity contribution in [3.63, 3.8) is 0 Å². The number of ketones is 2. The number of hydrogen-bond acceptors (Lipinski definition) is 4. The highest BCUT2D eigenvalue weighted by molar-refractivity contribution is 9.10. The molecule has 0 radical (unpaired) electrons. The molecule has 0 aromatic heterocycles. The fourth-order valence-corrected chi connectivity index (χ4v) is 4.46. The van der Waals surface area contributed by atoms with Crippen molar-refractivity contribution in [3.05, 3.63) is 127 Å². The second-order valence-corrected chi connectivity index (χ2v) is 10.8. The van der Waals surface area contributed by atoms with Crippen LogP contribution in [0.2, 0.25) is 0 Å². The van der Waals surface area contributed by atoms with Crippen LogP contribution < -0.4 is 9.47 Å². The van der Waals surface area contributed by atoms with E-state index in [0.717, 1.165) is 31.6 Å². The van der Waals surface area contributed by atoms with Crippen LogP contribution in [-0.2, 0) is 13.2 Å². The van der Waals surface area contributed by atoms with Gasteiger partial charge in [-0.15, -0.1) is 0 Å². The van der Waals surface area contributed by atoms with Crippen LogP contribution in [0.1, 0.15) is 56.8 Å². The Bertz CT molecular complexity index is 1290. The third-order valence-electron chi connectivity index (χ3n) is 5.72. The summed E-state index contributed by atoms with van der Waals surface area (Å²) in [5.74, 6) is 1.71. The lowest BCUT2D eigenvalue weighted by molar-refractivity contribution is 0.100. The van der Waals surface area contributed by atoms with Gasteiger partial charge in [-0.05, 0) is 88.4 Å². The van der Waals surface area contributed by atoms with E-state index in [1.165, 1.54) is 11.1 Å². The summed E-state index contributed by atoms with van der Waals surface area (Å²) in [4.78, 5) is 23.1. The highest BCUT2D eigenvalue weighted by Gasteiger charge is 2.09. The Hall–Kier alpha value is -3.22. The van der Waals surface area contributed by atoms with Gasteiger partial charge >= 0.3 is 0 Å². The molecule has 0 spiro atoms. The maximum absolute atomic E-state index is 11.6. The lowest BCUT2D eigenvalue weighted by Gasteiger charge is -2.10. The fraction of sp³-hybridized carbons (Fsp3) is 0.188. The third-order valence-corrected chi connectivity index (χ3v) is 6.71. The molecular weight excluding hydrogens is 608 g/mol. The van der Waals surface area contributed by atoms with Crippen LogP contribution in [0.3, 0.4) is 0 Å². The zero-order chi connectivity index (χ0) is 27.7. The first kappa shape index (κ1) is 29.3. The van der Waals surface area contributed by atoms with Gasteiger partial charge in [0.25, 0.3) is 0 Å². The van der Waals surface area contributed by atoms with Gasteiger partial charge in [0, 0.05) is 31.2 Å². The van der Waals surface area contributed by atoms with Crippen molar-refractivity contribution in [2.75, 3.05) is 0 Å². The number of carbonyl (C=O) groups is 2. The van der Waals surface area contributed by atoms with Crippen LogP contribution in [0.15, 0.2) is 93.9 Å². The minimum atomic E-state index is 0.0509. The average molecular weight is 638 g/mol.